The summed E-state index contributed by atoms with van der Waals surface area (Å²) in [6, 6.07) is 15.5. The van der Waals surface area contributed by atoms with Crippen LogP contribution in [-0.4, -0.2) is 5.78 Å². The quantitative estimate of drug-likeness (QED) is 0.630. The molecule has 0 atom stereocenters. The average Bonchev–Trinajstić information content (AvgIpc) is 2.46. The third-order valence-electron chi connectivity index (χ3n) is 2.57. The molecule has 0 aliphatic rings. The van der Waals surface area contributed by atoms with Crippen molar-refractivity contribution < 1.29 is 9.53 Å². The topological polar surface area (TPSA) is 50.1 Å². The summed E-state index contributed by atoms with van der Waals surface area (Å²) in [5, 5.41) is 9.27. The zero-order chi connectivity index (χ0) is 13.7. The third-order valence-corrected chi connectivity index (χ3v) is 2.94. The Morgan fingerprint density at radius 1 is 1.16 bits per heavy atom. The molecular formula is C15H10ClNO2. The van der Waals surface area contributed by atoms with Crippen LogP contribution in [-0.2, 0) is 6.61 Å². The molecule has 0 aromatic heterocycles. The molecule has 0 unspecified atom stereocenters. The van der Waals surface area contributed by atoms with Gasteiger partial charge in [0.15, 0.2) is 0 Å². The number of carbonyl (C=O) groups excluding carboxylic acids is 1. The molecule has 0 fully saturated rings. The van der Waals surface area contributed by atoms with E-state index in [0.717, 1.165) is 5.56 Å². The molecule has 3 nitrogen and oxygen atoms in total. The largest absolute Gasteiger partial charge is 0.488 e. The Labute approximate surface area is 116 Å². The lowest BCUT2D eigenvalue weighted by Gasteiger charge is -2.09. The number of para-hydroxylation sites is 1. The van der Waals surface area contributed by atoms with Crippen molar-refractivity contribution in [2.24, 2.45) is 0 Å². The van der Waals surface area contributed by atoms with Crippen molar-refractivity contribution in [3.05, 3.63) is 64.7 Å². The van der Waals surface area contributed by atoms with Crippen LogP contribution in [0.1, 0.15) is 15.9 Å². The zero-order valence-corrected chi connectivity index (χ0v) is 10.7. The molecule has 0 saturated heterocycles. The second-order valence-corrected chi connectivity index (χ2v) is 4.22. The highest BCUT2D eigenvalue weighted by atomic mass is 35.5. The van der Waals surface area contributed by atoms with Gasteiger partial charge in [-0.25, -0.2) is 0 Å². The van der Waals surface area contributed by atoms with E-state index >= 15 is 0 Å². The van der Waals surface area contributed by atoms with E-state index in [0.29, 0.717) is 10.8 Å². The fraction of sp³-hybridized carbons (Fsp3) is 0.0667. The van der Waals surface area contributed by atoms with Crippen LogP contribution in [0, 0.1) is 11.3 Å². The Morgan fingerprint density at radius 2 is 1.84 bits per heavy atom. The highest BCUT2D eigenvalue weighted by Crippen LogP contribution is 2.22. The average molecular weight is 272 g/mol. The summed E-state index contributed by atoms with van der Waals surface area (Å²) in [5.74, 6) is -0.233. The summed E-state index contributed by atoms with van der Waals surface area (Å²) in [4.78, 5) is 11.4. The Hall–Kier alpha value is -2.31. The van der Waals surface area contributed by atoms with Gasteiger partial charge in [0, 0.05) is 10.6 Å². The summed E-state index contributed by atoms with van der Waals surface area (Å²) < 4.78 is 5.57. The minimum absolute atomic E-state index is 0.245. The predicted octanol–water partition coefficient (Wildman–Crippen LogP) is 3.63. The zero-order valence-electron chi connectivity index (χ0n) is 9.97. The number of ether oxygens (including phenoxy) is 1. The van der Waals surface area contributed by atoms with Crippen molar-refractivity contribution in [3.8, 4) is 11.8 Å². The molecule has 0 saturated carbocycles. The minimum Gasteiger partial charge on any atom is -0.488 e. The normalized spacial score (nSPS) is 9.68. The second-order valence-electron chi connectivity index (χ2n) is 3.82. The van der Waals surface area contributed by atoms with Crippen LogP contribution in [0.25, 0.3) is 0 Å². The van der Waals surface area contributed by atoms with Crippen molar-refractivity contribution in [2.75, 3.05) is 0 Å². The van der Waals surface area contributed by atoms with Crippen molar-refractivity contribution in [1.82, 2.24) is 0 Å². The maximum absolute atomic E-state index is 11.4. The summed E-state index contributed by atoms with van der Waals surface area (Å²) in [6.45, 7) is 0.245. The van der Waals surface area contributed by atoms with E-state index in [1.165, 1.54) is 0 Å². The van der Waals surface area contributed by atoms with Crippen LogP contribution in [0.5, 0.6) is 5.75 Å². The minimum atomic E-state index is -0.616. The molecule has 0 N–H and O–H groups in total. The van der Waals surface area contributed by atoms with Crippen LogP contribution in [0.3, 0.4) is 0 Å². The number of nitriles is 1. The van der Waals surface area contributed by atoms with Gasteiger partial charge in [0.2, 0.25) is 0 Å². The molecule has 4 heteroatoms. The third kappa shape index (κ3) is 3.12. The molecule has 0 aliphatic heterocycles. The van der Waals surface area contributed by atoms with Crippen molar-refractivity contribution in [2.45, 2.75) is 6.61 Å². The first-order valence-electron chi connectivity index (χ1n) is 5.62. The van der Waals surface area contributed by atoms with Crippen LogP contribution < -0.4 is 4.74 Å². The van der Waals surface area contributed by atoms with Crippen molar-refractivity contribution >= 4 is 17.4 Å². The number of nitrogens with zero attached hydrogens (tertiary/aromatic N) is 1. The fourth-order valence-corrected chi connectivity index (χ4v) is 1.80. The number of hydrogen-bond donors (Lipinski definition) is 0. The van der Waals surface area contributed by atoms with E-state index in [1.807, 2.05) is 18.2 Å². The number of carbonyl (C=O) groups is 1. The molecular weight excluding hydrogens is 262 g/mol. The first kappa shape index (κ1) is 13.1. The molecule has 0 heterocycles. The lowest BCUT2D eigenvalue weighted by molar-refractivity contribution is 0.105. The van der Waals surface area contributed by atoms with Gasteiger partial charge in [-0.05, 0) is 18.2 Å². The highest BCUT2D eigenvalue weighted by molar-refractivity contribution is 6.31. The Bertz CT molecular complexity index is 647. The predicted molar refractivity (Wildman–Crippen MR) is 72.2 cm³/mol. The van der Waals surface area contributed by atoms with Gasteiger partial charge in [-0.2, -0.15) is 5.26 Å². The van der Waals surface area contributed by atoms with Crippen molar-refractivity contribution in [1.29, 1.82) is 5.26 Å². The van der Waals surface area contributed by atoms with E-state index < -0.39 is 5.78 Å². The summed E-state index contributed by atoms with van der Waals surface area (Å²) in [7, 11) is 0. The fourth-order valence-electron chi connectivity index (χ4n) is 1.61. The van der Waals surface area contributed by atoms with E-state index in [9.17, 15) is 4.79 Å². The standard InChI is InChI=1S/C15H10ClNO2/c16-13-7-3-1-5-11(13)10-19-15-8-4-2-6-12(15)14(18)9-17/h1-8H,10H2. The number of benzene rings is 2. The van der Waals surface area contributed by atoms with Crippen LogP contribution in [0.4, 0.5) is 0 Å². The van der Waals surface area contributed by atoms with E-state index in [2.05, 4.69) is 0 Å². The Balaban J connectivity index is 2.19. The van der Waals surface area contributed by atoms with Crippen molar-refractivity contribution in [3.63, 3.8) is 0 Å². The smallest absolute Gasteiger partial charge is 0.265 e. The second kappa shape index (κ2) is 6.03. The summed E-state index contributed by atoms with van der Waals surface area (Å²) >= 11 is 6.02. The van der Waals surface area contributed by atoms with Gasteiger partial charge in [0.25, 0.3) is 5.78 Å². The SMILES string of the molecule is N#CC(=O)c1ccccc1OCc1ccccc1Cl. The molecule has 2 aromatic rings. The van der Waals surface area contributed by atoms with E-state index in [1.54, 1.807) is 36.4 Å². The van der Waals surface area contributed by atoms with Crippen LogP contribution >= 0.6 is 11.6 Å². The lowest BCUT2D eigenvalue weighted by atomic mass is 10.1. The van der Waals surface area contributed by atoms with E-state index in [4.69, 9.17) is 21.6 Å². The highest BCUT2D eigenvalue weighted by Gasteiger charge is 2.11. The van der Waals surface area contributed by atoms with Gasteiger partial charge in [-0.1, -0.05) is 41.9 Å². The molecule has 19 heavy (non-hydrogen) atoms. The summed E-state index contributed by atoms with van der Waals surface area (Å²) in [6.07, 6.45) is 0. The van der Waals surface area contributed by atoms with Gasteiger partial charge in [0.05, 0.1) is 5.56 Å². The molecule has 94 valence electrons. The monoisotopic (exact) mass is 271 g/mol. The van der Waals surface area contributed by atoms with Crippen LogP contribution in [0.15, 0.2) is 48.5 Å². The number of halogens is 1. The molecule has 0 spiro atoms. The maximum atomic E-state index is 11.4. The number of Topliss-reactive ketones (excluding diaryl/α,β-unsaturated/α-hetero) is 1. The molecule has 0 amide bonds. The first-order valence-corrected chi connectivity index (χ1v) is 6.00. The number of ketones is 1. The lowest BCUT2D eigenvalue weighted by Crippen LogP contribution is -2.02. The van der Waals surface area contributed by atoms with Gasteiger partial charge >= 0.3 is 0 Å². The van der Waals surface area contributed by atoms with Gasteiger partial charge in [0.1, 0.15) is 18.4 Å². The molecule has 2 rings (SSSR count). The number of rotatable bonds is 4. The first-order chi connectivity index (χ1) is 9.22. The van der Waals surface area contributed by atoms with Gasteiger partial charge in [-0.3, -0.25) is 4.79 Å². The number of hydrogen-bond acceptors (Lipinski definition) is 3. The van der Waals surface area contributed by atoms with Gasteiger partial charge in [-0.15, -0.1) is 0 Å². The molecule has 0 bridgehead atoms. The molecule has 0 aliphatic carbocycles. The van der Waals surface area contributed by atoms with E-state index in [-0.39, 0.29) is 12.2 Å². The Kier molecular flexibility index (Phi) is 4.17. The molecule has 2 aromatic carbocycles. The van der Waals surface area contributed by atoms with Crippen LogP contribution in [0.2, 0.25) is 5.02 Å². The maximum Gasteiger partial charge on any atom is 0.265 e. The Morgan fingerprint density at radius 3 is 2.58 bits per heavy atom. The van der Waals surface area contributed by atoms with Gasteiger partial charge < -0.3 is 4.74 Å². The molecule has 0 radical (unpaired) electrons. The summed E-state index contributed by atoms with van der Waals surface area (Å²) in [5.41, 5.74) is 1.08.